The van der Waals surface area contributed by atoms with Gasteiger partial charge < -0.3 is 5.73 Å². The number of nitrogens with one attached hydrogen (secondary N) is 1. The minimum absolute atomic E-state index is 0.0451. The molecule has 1 rings (SSSR count). The molecule has 96 valence electrons. The molecule has 0 spiro atoms. The third-order valence-electron chi connectivity index (χ3n) is 2.26. The lowest BCUT2D eigenvalue weighted by atomic mass is 10.1. The average molecular weight is 256 g/mol. The zero-order valence-corrected chi connectivity index (χ0v) is 11.3. The van der Waals surface area contributed by atoms with Crippen LogP contribution in [-0.4, -0.2) is 14.2 Å². The van der Waals surface area contributed by atoms with E-state index in [1.165, 1.54) is 0 Å². The quantitative estimate of drug-likeness (QED) is 0.847. The Morgan fingerprint density at radius 3 is 2.12 bits per heavy atom. The fourth-order valence-electron chi connectivity index (χ4n) is 1.51. The molecule has 0 radical (unpaired) electrons. The summed E-state index contributed by atoms with van der Waals surface area (Å²) in [5.74, 6) is 0.234. The number of sulfonamides is 1. The van der Waals surface area contributed by atoms with Crippen LogP contribution >= 0.6 is 0 Å². The Morgan fingerprint density at radius 1 is 1.18 bits per heavy atom. The van der Waals surface area contributed by atoms with Crippen molar-refractivity contribution in [2.75, 3.05) is 10.5 Å². The standard InChI is InChI=1S/C12H20N2O2S/c1-9(2)8-17(15,16)14-12-6-4-11(5-7-12)10(3)13/h4-7,9-10,14H,8,13H2,1-3H3. The van der Waals surface area contributed by atoms with Gasteiger partial charge in [-0.2, -0.15) is 0 Å². The number of hydrogen-bond donors (Lipinski definition) is 2. The number of rotatable bonds is 5. The minimum atomic E-state index is -3.25. The van der Waals surface area contributed by atoms with Gasteiger partial charge in [-0.05, 0) is 30.5 Å². The Bertz CT molecular complexity index is 450. The summed E-state index contributed by atoms with van der Waals surface area (Å²) >= 11 is 0. The second-order valence-corrected chi connectivity index (χ2v) is 6.45. The van der Waals surface area contributed by atoms with Gasteiger partial charge >= 0.3 is 0 Å². The highest BCUT2D eigenvalue weighted by Gasteiger charge is 2.12. The summed E-state index contributed by atoms with van der Waals surface area (Å²) in [6, 6.07) is 7.08. The zero-order chi connectivity index (χ0) is 13.1. The van der Waals surface area contributed by atoms with E-state index in [1.807, 2.05) is 32.9 Å². The van der Waals surface area contributed by atoms with Crippen molar-refractivity contribution in [2.24, 2.45) is 11.7 Å². The molecule has 1 aromatic carbocycles. The number of anilines is 1. The fourth-order valence-corrected chi connectivity index (χ4v) is 2.97. The van der Waals surface area contributed by atoms with Crippen LogP contribution in [0.5, 0.6) is 0 Å². The number of nitrogens with two attached hydrogens (primary N) is 1. The van der Waals surface area contributed by atoms with Crippen molar-refractivity contribution in [3.63, 3.8) is 0 Å². The van der Waals surface area contributed by atoms with Gasteiger partial charge in [-0.1, -0.05) is 26.0 Å². The van der Waals surface area contributed by atoms with Crippen molar-refractivity contribution in [3.05, 3.63) is 29.8 Å². The van der Waals surface area contributed by atoms with Crippen molar-refractivity contribution in [1.82, 2.24) is 0 Å². The van der Waals surface area contributed by atoms with Crippen molar-refractivity contribution < 1.29 is 8.42 Å². The predicted octanol–water partition coefficient (Wildman–Crippen LogP) is 2.10. The monoisotopic (exact) mass is 256 g/mol. The van der Waals surface area contributed by atoms with E-state index in [2.05, 4.69) is 4.72 Å². The molecule has 1 aromatic rings. The van der Waals surface area contributed by atoms with Crippen LogP contribution < -0.4 is 10.5 Å². The molecule has 0 amide bonds. The lowest BCUT2D eigenvalue weighted by Crippen LogP contribution is -2.20. The van der Waals surface area contributed by atoms with Gasteiger partial charge in [0.05, 0.1) is 5.75 Å². The fraction of sp³-hybridized carbons (Fsp3) is 0.500. The maximum absolute atomic E-state index is 11.7. The van der Waals surface area contributed by atoms with E-state index in [1.54, 1.807) is 12.1 Å². The van der Waals surface area contributed by atoms with Crippen molar-refractivity contribution in [1.29, 1.82) is 0 Å². The summed E-state index contributed by atoms with van der Waals surface area (Å²) in [5, 5.41) is 0. The molecule has 0 aromatic heterocycles. The molecule has 0 aliphatic carbocycles. The Kier molecular flexibility index (Phi) is 4.54. The first-order valence-electron chi connectivity index (χ1n) is 5.66. The summed E-state index contributed by atoms with van der Waals surface area (Å²) in [7, 11) is -3.25. The Hall–Kier alpha value is -1.07. The minimum Gasteiger partial charge on any atom is -0.324 e. The van der Waals surface area contributed by atoms with Gasteiger partial charge in [0.1, 0.15) is 0 Å². The number of benzene rings is 1. The first-order chi connectivity index (χ1) is 7.80. The van der Waals surface area contributed by atoms with Crippen LogP contribution in [0.3, 0.4) is 0 Å². The molecule has 4 nitrogen and oxygen atoms in total. The van der Waals surface area contributed by atoms with Gasteiger partial charge in [-0.3, -0.25) is 4.72 Å². The molecule has 0 saturated carbocycles. The molecule has 3 N–H and O–H groups in total. The van der Waals surface area contributed by atoms with E-state index in [0.29, 0.717) is 5.69 Å². The van der Waals surface area contributed by atoms with Gasteiger partial charge in [-0.25, -0.2) is 8.42 Å². The van der Waals surface area contributed by atoms with Crippen LogP contribution in [0.15, 0.2) is 24.3 Å². The third-order valence-corrected chi connectivity index (χ3v) is 3.91. The highest BCUT2D eigenvalue weighted by molar-refractivity contribution is 7.92. The molecule has 0 aliphatic heterocycles. The van der Waals surface area contributed by atoms with Crippen molar-refractivity contribution >= 4 is 15.7 Å². The molecule has 0 aliphatic rings. The van der Waals surface area contributed by atoms with Crippen LogP contribution in [0.1, 0.15) is 32.4 Å². The van der Waals surface area contributed by atoms with Crippen LogP contribution in [0.4, 0.5) is 5.69 Å². The maximum Gasteiger partial charge on any atom is 0.232 e. The molecule has 0 bridgehead atoms. The van der Waals surface area contributed by atoms with Crippen LogP contribution in [0.25, 0.3) is 0 Å². The van der Waals surface area contributed by atoms with Crippen LogP contribution in [-0.2, 0) is 10.0 Å². The SMILES string of the molecule is CC(C)CS(=O)(=O)Nc1ccc(C(C)N)cc1. The molecule has 1 atom stereocenters. The van der Waals surface area contributed by atoms with Gasteiger partial charge in [-0.15, -0.1) is 0 Å². The molecule has 0 heterocycles. The summed E-state index contributed by atoms with van der Waals surface area (Å²) in [5.41, 5.74) is 7.28. The van der Waals surface area contributed by atoms with Crippen molar-refractivity contribution in [2.45, 2.75) is 26.8 Å². The normalized spacial score (nSPS) is 13.7. The van der Waals surface area contributed by atoms with Crippen LogP contribution in [0, 0.1) is 5.92 Å². The van der Waals surface area contributed by atoms with E-state index < -0.39 is 10.0 Å². The molecule has 5 heteroatoms. The predicted molar refractivity (Wildman–Crippen MR) is 71.3 cm³/mol. The van der Waals surface area contributed by atoms with Crippen LogP contribution in [0.2, 0.25) is 0 Å². The van der Waals surface area contributed by atoms with Gasteiger partial charge in [0.2, 0.25) is 10.0 Å². The first kappa shape index (κ1) is 14.0. The Labute approximate surface area is 103 Å². The van der Waals surface area contributed by atoms with Gasteiger partial charge in [0.15, 0.2) is 0 Å². The molecular formula is C12H20N2O2S. The van der Waals surface area contributed by atoms with Gasteiger partial charge in [0.25, 0.3) is 0 Å². The van der Waals surface area contributed by atoms with E-state index in [-0.39, 0.29) is 17.7 Å². The van der Waals surface area contributed by atoms with E-state index in [4.69, 9.17) is 5.73 Å². The van der Waals surface area contributed by atoms with E-state index in [0.717, 1.165) is 5.56 Å². The zero-order valence-electron chi connectivity index (χ0n) is 10.5. The molecule has 17 heavy (non-hydrogen) atoms. The molecular weight excluding hydrogens is 236 g/mol. The lowest BCUT2D eigenvalue weighted by Gasteiger charge is -2.11. The van der Waals surface area contributed by atoms with E-state index in [9.17, 15) is 8.42 Å². The summed E-state index contributed by atoms with van der Waals surface area (Å²) < 4.78 is 25.9. The first-order valence-corrected chi connectivity index (χ1v) is 7.31. The second-order valence-electron chi connectivity index (χ2n) is 4.69. The molecule has 1 unspecified atom stereocenters. The average Bonchev–Trinajstić information content (AvgIpc) is 2.15. The smallest absolute Gasteiger partial charge is 0.232 e. The summed E-state index contributed by atoms with van der Waals surface area (Å²) in [4.78, 5) is 0. The lowest BCUT2D eigenvalue weighted by molar-refractivity contribution is 0.587. The Morgan fingerprint density at radius 2 is 1.71 bits per heavy atom. The highest BCUT2D eigenvalue weighted by atomic mass is 32.2. The Balaban J connectivity index is 2.76. The molecule has 0 saturated heterocycles. The largest absolute Gasteiger partial charge is 0.324 e. The summed E-state index contributed by atoms with van der Waals surface area (Å²) in [6.07, 6.45) is 0. The number of hydrogen-bond acceptors (Lipinski definition) is 3. The second kappa shape index (κ2) is 5.51. The topological polar surface area (TPSA) is 72.2 Å². The highest BCUT2D eigenvalue weighted by Crippen LogP contribution is 2.15. The van der Waals surface area contributed by atoms with Crippen molar-refractivity contribution in [3.8, 4) is 0 Å². The van der Waals surface area contributed by atoms with E-state index >= 15 is 0 Å². The van der Waals surface area contributed by atoms with Gasteiger partial charge in [0, 0.05) is 11.7 Å². The summed E-state index contributed by atoms with van der Waals surface area (Å²) in [6.45, 7) is 5.63. The maximum atomic E-state index is 11.7. The third kappa shape index (κ3) is 4.75. The molecule has 0 fully saturated rings.